The van der Waals surface area contributed by atoms with Gasteiger partial charge in [-0.25, -0.2) is 13.1 Å². The maximum absolute atomic E-state index is 11.9. The number of aryl methyl sites for hydroxylation is 1. The van der Waals surface area contributed by atoms with E-state index >= 15 is 0 Å². The van der Waals surface area contributed by atoms with Crippen molar-refractivity contribution < 1.29 is 8.42 Å². The van der Waals surface area contributed by atoms with Crippen LogP contribution in [0, 0.1) is 0 Å². The van der Waals surface area contributed by atoms with Crippen LogP contribution in [-0.4, -0.2) is 28.5 Å². The summed E-state index contributed by atoms with van der Waals surface area (Å²) in [6, 6.07) is 15.1. The fourth-order valence-corrected chi connectivity index (χ4v) is 3.40. The Morgan fingerprint density at radius 2 is 1.67 bits per heavy atom. The molecule has 0 fully saturated rings. The first-order chi connectivity index (χ1) is 12.5. The standard InChI is InChI=1S/C19H26N4O2S.HI/c1-4-16-9-5-6-10-17(16)14-23-19(20-2)22-13-15-8-7-11-18(12-15)26(24,25)21-3;/h5-12,21H,4,13-14H2,1-3H3,(H2,20,22,23);1H. The summed E-state index contributed by atoms with van der Waals surface area (Å²) in [6.07, 6.45) is 0.983. The molecule has 6 nitrogen and oxygen atoms in total. The van der Waals surface area contributed by atoms with Gasteiger partial charge in [0.05, 0.1) is 4.90 Å². The van der Waals surface area contributed by atoms with Crippen molar-refractivity contribution in [2.45, 2.75) is 31.3 Å². The van der Waals surface area contributed by atoms with E-state index in [1.807, 2.05) is 18.2 Å². The molecule has 0 radical (unpaired) electrons. The number of guanidine groups is 1. The first-order valence-corrected chi connectivity index (χ1v) is 10.0. The Bertz CT molecular complexity index is 870. The van der Waals surface area contributed by atoms with Crippen LogP contribution in [0.25, 0.3) is 0 Å². The molecule has 0 bridgehead atoms. The lowest BCUT2D eigenvalue weighted by Gasteiger charge is -2.14. The van der Waals surface area contributed by atoms with Crippen LogP contribution in [-0.2, 0) is 29.5 Å². The summed E-state index contributed by atoms with van der Waals surface area (Å²) < 4.78 is 26.1. The summed E-state index contributed by atoms with van der Waals surface area (Å²) in [5.41, 5.74) is 3.40. The number of sulfonamides is 1. The Hall–Kier alpha value is -1.65. The predicted octanol–water partition coefficient (Wildman–Crippen LogP) is 2.64. The van der Waals surface area contributed by atoms with E-state index in [0.717, 1.165) is 12.0 Å². The molecule has 2 aromatic rings. The summed E-state index contributed by atoms with van der Waals surface area (Å²) in [5, 5.41) is 6.51. The lowest BCUT2D eigenvalue weighted by atomic mass is 10.1. The van der Waals surface area contributed by atoms with Crippen molar-refractivity contribution in [1.29, 1.82) is 0 Å². The van der Waals surface area contributed by atoms with Gasteiger partial charge in [0, 0.05) is 20.1 Å². The molecule has 0 atom stereocenters. The molecule has 0 saturated heterocycles. The van der Waals surface area contributed by atoms with Crippen LogP contribution in [0.3, 0.4) is 0 Å². The molecule has 2 aromatic carbocycles. The average Bonchev–Trinajstić information content (AvgIpc) is 2.68. The third kappa shape index (κ3) is 6.78. The quantitative estimate of drug-likeness (QED) is 0.309. The molecule has 3 N–H and O–H groups in total. The molecule has 0 aliphatic carbocycles. The van der Waals surface area contributed by atoms with Gasteiger partial charge in [-0.2, -0.15) is 0 Å². The molecule has 0 unspecified atom stereocenters. The molecule has 27 heavy (non-hydrogen) atoms. The SMILES string of the molecule is CCc1ccccc1CNC(=NC)NCc1cccc(S(=O)(=O)NC)c1.I. The molecule has 0 spiro atoms. The molecule has 0 aliphatic heterocycles. The zero-order valence-electron chi connectivity index (χ0n) is 15.8. The average molecular weight is 502 g/mol. The molecule has 0 saturated carbocycles. The molecule has 2 rings (SSSR count). The van der Waals surface area contributed by atoms with Crippen molar-refractivity contribution in [3.8, 4) is 0 Å². The minimum absolute atomic E-state index is 0. The van der Waals surface area contributed by atoms with Gasteiger partial charge in [0.1, 0.15) is 0 Å². The van der Waals surface area contributed by atoms with Crippen LogP contribution >= 0.6 is 24.0 Å². The van der Waals surface area contributed by atoms with E-state index in [9.17, 15) is 8.42 Å². The summed E-state index contributed by atoms with van der Waals surface area (Å²) in [6.45, 7) is 3.29. The zero-order valence-corrected chi connectivity index (χ0v) is 19.0. The second-order valence-corrected chi connectivity index (χ2v) is 7.64. The number of halogens is 1. The highest BCUT2D eigenvalue weighted by molar-refractivity contribution is 14.0. The highest BCUT2D eigenvalue weighted by Crippen LogP contribution is 2.11. The Morgan fingerprint density at radius 3 is 2.30 bits per heavy atom. The van der Waals surface area contributed by atoms with E-state index < -0.39 is 10.0 Å². The zero-order chi connectivity index (χ0) is 19.0. The van der Waals surface area contributed by atoms with Gasteiger partial charge in [-0.05, 0) is 42.3 Å². The molecule has 148 valence electrons. The maximum atomic E-state index is 11.9. The molecule has 0 amide bonds. The number of hydrogen-bond donors (Lipinski definition) is 3. The first-order valence-electron chi connectivity index (χ1n) is 8.54. The van der Waals surface area contributed by atoms with Gasteiger partial charge in [0.25, 0.3) is 0 Å². The van der Waals surface area contributed by atoms with Crippen LogP contribution in [0.1, 0.15) is 23.6 Å². The summed E-state index contributed by atoms with van der Waals surface area (Å²) >= 11 is 0. The van der Waals surface area contributed by atoms with Crippen molar-refractivity contribution in [2.75, 3.05) is 14.1 Å². The minimum Gasteiger partial charge on any atom is -0.352 e. The van der Waals surface area contributed by atoms with Crippen LogP contribution in [0.15, 0.2) is 58.4 Å². The third-order valence-corrected chi connectivity index (χ3v) is 5.52. The number of nitrogens with zero attached hydrogens (tertiary/aromatic N) is 1. The van der Waals surface area contributed by atoms with Crippen molar-refractivity contribution in [1.82, 2.24) is 15.4 Å². The Balaban J connectivity index is 0.00000364. The highest BCUT2D eigenvalue weighted by Gasteiger charge is 2.11. The molecule has 0 aromatic heterocycles. The van der Waals surface area contributed by atoms with E-state index in [1.165, 1.54) is 18.2 Å². The lowest BCUT2D eigenvalue weighted by molar-refractivity contribution is 0.588. The van der Waals surface area contributed by atoms with Crippen LogP contribution in [0.5, 0.6) is 0 Å². The van der Waals surface area contributed by atoms with Gasteiger partial charge in [-0.1, -0.05) is 43.3 Å². The number of rotatable bonds is 7. The van der Waals surface area contributed by atoms with Crippen molar-refractivity contribution in [3.63, 3.8) is 0 Å². The van der Waals surface area contributed by atoms with Crippen LogP contribution < -0.4 is 15.4 Å². The second-order valence-electron chi connectivity index (χ2n) is 5.76. The fraction of sp³-hybridized carbons (Fsp3) is 0.316. The normalized spacial score (nSPS) is 11.6. The molecule has 0 aliphatic rings. The van der Waals surface area contributed by atoms with Gasteiger partial charge in [0.15, 0.2) is 5.96 Å². The summed E-state index contributed by atoms with van der Waals surface area (Å²) in [5.74, 6) is 0.665. The maximum Gasteiger partial charge on any atom is 0.240 e. The Kier molecular flexibility index (Phi) is 9.75. The van der Waals surface area contributed by atoms with E-state index in [4.69, 9.17) is 0 Å². The summed E-state index contributed by atoms with van der Waals surface area (Å²) in [7, 11) is -0.328. The van der Waals surface area contributed by atoms with Gasteiger partial charge in [-0.3, -0.25) is 4.99 Å². The Morgan fingerprint density at radius 1 is 1.00 bits per heavy atom. The van der Waals surface area contributed by atoms with E-state index in [1.54, 1.807) is 25.2 Å². The number of aliphatic imine (C=N–C) groups is 1. The molecule has 0 heterocycles. The van der Waals surface area contributed by atoms with Gasteiger partial charge in [-0.15, -0.1) is 24.0 Å². The minimum atomic E-state index is -3.44. The third-order valence-electron chi connectivity index (χ3n) is 4.11. The van der Waals surface area contributed by atoms with Gasteiger partial charge >= 0.3 is 0 Å². The first kappa shape index (κ1) is 23.4. The molecular weight excluding hydrogens is 475 g/mol. The van der Waals surface area contributed by atoms with Crippen LogP contribution in [0.2, 0.25) is 0 Å². The second kappa shape index (κ2) is 11.3. The number of benzene rings is 2. The largest absolute Gasteiger partial charge is 0.352 e. The van der Waals surface area contributed by atoms with Crippen molar-refractivity contribution in [3.05, 3.63) is 65.2 Å². The number of hydrogen-bond acceptors (Lipinski definition) is 3. The fourth-order valence-electron chi connectivity index (χ4n) is 2.60. The lowest BCUT2D eigenvalue weighted by Crippen LogP contribution is -2.36. The molecule has 8 heteroatoms. The monoisotopic (exact) mass is 502 g/mol. The van der Waals surface area contributed by atoms with E-state index in [-0.39, 0.29) is 28.9 Å². The van der Waals surface area contributed by atoms with Crippen molar-refractivity contribution in [2.24, 2.45) is 4.99 Å². The number of nitrogens with one attached hydrogen (secondary N) is 3. The Labute approximate surface area is 178 Å². The molecular formula is C19H27IN4O2S. The van der Waals surface area contributed by atoms with E-state index in [0.29, 0.717) is 19.0 Å². The van der Waals surface area contributed by atoms with Crippen LogP contribution in [0.4, 0.5) is 0 Å². The topological polar surface area (TPSA) is 82.6 Å². The van der Waals surface area contributed by atoms with Gasteiger partial charge in [0.2, 0.25) is 10.0 Å². The van der Waals surface area contributed by atoms with E-state index in [2.05, 4.69) is 39.4 Å². The van der Waals surface area contributed by atoms with Crippen molar-refractivity contribution >= 4 is 40.0 Å². The summed E-state index contributed by atoms with van der Waals surface area (Å²) in [4.78, 5) is 4.47. The van der Waals surface area contributed by atoms with Gasteiger partial charge < -0.3 is 10.6 Å². The predicted molar refractivity (Wildman–Crippen MR) is 121 cm³/mol. The highest BCUT2D eigenvalue weighted by atomic mass is 127. The smallest absolute Gasteiger partial charge is 0.240 e.